The number of carboxylic acid groups (broad SMARTS) is 1. The third-order valence-corrected chi connectivity index (χ3v) is 3.81. The summed E-state index contributed by atoms with van der Waals surface area (Å²) in [6, 6.07) is 0. The molecule has 1 fully saturated rings. The van der Waals surface area contributed by atoms with Gasteiger partial charge in [-0.1, -0.05) is 20.8 Å². The molecule has 0 heterocycles. The quantitative estimate of drug-likeness (QED) is 0.760. The van der Waals surface area contributed by atoms with Crippen LogP contribution in [0.3, 0.4) is 0 Å². The van der Waals surface area contributed by atoms with Crippen molar-refractivity contribution < 1.29 is 31.9 Å². The van der Waals surface area contributed by atoms with Gasteiger partial charge in [0.25, 0.3) is 0 Å². The molecule has 0 aromatic heterocycles. The molecule has 2 unspecified atom stereocenters. The fourth-order valence-electron chi connectivity index (χ4n) is 2.42. The van der Waals surface area contributed by atoms with Crippen molar-refractivity contribution in [2.45, 2.75) is 32.9 Å². The first-order chi connectivity index (χ1) is 6.82. The molecule has 0 amide bonds. The van der Waals surface area contributed by atoms with Crippen LogP contribution < -0.4 is 0 Å². The molecule has 1 N–H and O–H groups in total. The third-order valence-electron chi connectivity index (χ3n) is 3.81. The number of carboxylic acids is 1. The second kappa shape index (κ2) is 2.87. The van der Waals surface area contributed by atoms with E-state index in [4.69, 9.17) is 5.11 Å². The van der Waals surface area contributed by atoms with Crippen LogP contribution in [0.2, 0.25) is 0 Å². The summed E-state index contributed by atoms with van der Waals surface area (Å²) in [5, 5.41) is 8.65. The molecule has 1 saturated carbocycles. The van der Waals surface area contributed by atoms with Crippen LogP contribution in [0.25, 0.3) is 0 Å². The molecule has 0 saturated heterocycles. The lowest BCUT2D eigenvalue weighted by atomic mass is 9.90. The lowest BCUT2D eigenvalue weighted by molar-refractivity contribution is -0.312. The molecule has 16 heavy (non-hydrogen) atoms. The van der Waals surface area contributed by atoms with Gasteiger partial charge in [-0.05, 0) is 5.41 Å². The van der Waals surface area contributed by atoms with Crippen LogP contribution >= 0.6 is 0 Å². The van der Waals surface area contributed by atoms with Gasteiger partial charge < -0.3 is 5.11 Å². The van der Waals surface area contributed by atoms with E-state index in [1.807, 2.05) is 0 Å². The van der Waals surface area contributed by atoms with E-state index >= 15 is 0 Å². The summed E-state index contributed by atoms with van der Waals surface area (Å²) in [4.78, 5) is 10.7. The topological polar surface area (TPSA) is 37.3 Å². The first-order valence-corrected chi connectivity index (χ1v) is 4.49. The lowest BCUT2D eigenvalue weighted by Crippen LogP contribution is -2.46. The Morgan fingerprint density at radius 1 is 1.12 bits per heavy atom. The highest BCUT2D eigenvalue weighted by Crippen LogP contribution is 2.76. The molecule has 0 bridgehead atoms. The van der Waals surface area contributed by atoms with Gasteiger partial charge in [-0.3, -0.25) is 4.79 Å². The van der Waals surface area contributed by atoms with E-state index in [2.05, 4.69) is 0 Å². The van der Waals surface area contributed by atoms with E-state index in [-0.39, 0.29) is 0 Å². The highest BCUT2D eigenvalue weighted by Gasteiger charge is 2.87. The number of hydrogen-bond donors (Lipinski definition) is 1. The second-order valence-electron chi connectivity index (χ2n) is 4.77. The van der Waals surface area contributed by atoms with Crippen LogP contribution in [0.4, 0.5) is 22.0 Å². The van der Waals surface area contributed by atoms with Crippen LogP contribution in [0, 0.1) is 16.7 Å². The molecule has 2 atom stereocenters. The number of aliphatic carboxylic acids is 1. The summed E-state index contributed by atoms with van der Waals surface area (Å²) in [5.74, 6) is -8.33. The molecule has 0 spiro atoms. The van der Waals surface area contributed by atoms with Crippen LogP contribution in [0.5, 0.6) is 0 Å². The van der Waals surface area contributed by atoms with Gasteiger partial charge in [-0.25, -0.2) is 0 Å². The number of alkyl halides is 5. The van der Waals surface area contributed by atoms with E-state index in [0.717, 1.165) is 13.8 Å². The fourth-order valence-corrected chi connectivity index (χ4v) is 2.42. The zero-order chi connectivity index (χ0) is 13.2. The summed E-state index contributed by atoms with van der Waals surface area (Å²) in [6.07, 6.45) is -5.73. The first-order valence-electron chi connectivity index (χ1n) is 4.49. The Kier molecular flexibility index (Phi) is 2.36. The molecular weight excluding hydrogens is 235 g/mol. The Morgan fingerprint density at radius 3 is 1.69 bits per heavy atom. The van der Waals surface area contributed by atoms with Gasteiger partial charge in [-0.2, -0.15) is 22.0 Å². The molecule has 94 valence electrons. The molecule has 0 aromatic rings. The van der Waals surface area contributed by atoms with Gasteiger partial charge in [0.15, 0.2) is 0 Å². The summed E-state index contributed by atoms with van der Waals surface area (Å²) in [5.41, 5.74) is -4.18. The fraction of sp³-hybridized carbons (Fsp3) is 0.889. The van der Waals surface area contributed by atoms with Crippen molar-refractivity contribution in [3.05, 3.63) is 0 Å². The molecule has 7 heteroatoms. The Hall–Kier alpha value is -0.880. The summed E-state index contributed by atoms with van der Waals surface area (Å²) < 4.78 is 63.1. The minimum atomic E-state index is -5.73. The highest BCUT2D eigenvalue weighted by atomic mass is 19.4. The molecule has 1 aliphatic carbocycles. The number of rotatable bonds is 2. The molecule has 0 aliphatic heterocycles. The van der Waals surface area contributed by atoms with Gasteiger partial charge in [0, 0.05) is 0 Å². The maximum atomic E-state index is 13.2. The Bertz CT molecular complexity index is 333. The number of carbonyl (C=O) groups is 1. The van der Waals surface area contributed by atoms with Crippen molar-refractivity contribution in [1.29, 1.82) is 0 Å². The third kappa shape index (κ3) is 1.20. The van der Waals surface area contributed by atoms with Crippen molar-refractivity contribution in [3.8, 4) is 0 Å². The van der Waals surface area contributed by atoms with Crippen molar-refractivity contribution in [3.63, 3.8) is 0 Å². The van der Waals surface area contributed by atoms with Crippen molar-refractivity contribution in [2.24, 2.45) is 16.7 Å². The average Bonchev–Trinajstić information content (AvgIpc) is 2.45. The minimum Gasteiger partial charge on any atom is -0.481 e. The Labute approximate surface area is 88.4 Å². The summed E-state index contributed by atoms with van der Waals surface area (Å²) >= 11 is 0. The Morgan fingerprint density at radius 2 is 1.50 bits per heavy atom. The Balaban J connectivity index is 3.21. The van der Waals surface area contributed by atoms with E-state index in [1.165, 1.54) is 0 Å². The smallest absolute Gasteiger partial charge is 0.453 e. The molecular formula is C9H11F5O2. The first kappa shape index (κ1) is 13.2. The predicted octanol–water partition coefficient (Wildman–Crippen LogP) is 2.93. The monoisotopic (exact) mass is 246 g/mol. The highest BCUT2D eigenvalue weighted by molar-refractivity contribution is 5.77. The largest absolute Gasteiger partial charge is 0.481 e. The normalized spacial score (nSPS) is 33.6. The molecule has 0 aromatic carbocycles. The second-order valence-corrected chi connectivity index (χ2v) is 4.77. The van der Waals surface area contributed by atoms with Crippen molar-refractivity contribution in [1.82, 2.24) is 0 Å². The average molecular weight is 246 g/mol. The molecule has 1 aliphatic rings. The SMILES string of the molecule is CC1(C)C(C(=O)O)C1(C)C(F)(F)C(F)(F)F. The van der Waals surface area contributed by atoms with E-state index in [0.29, 0.717) is 6.92 Å². The maximum Gasteiger partial charge on any atom is 0.453 e. The van der Waals surface area contributed by atoms with Gasteiger partial charge in [-0.15, -0.1) is 0 Å². The van der Waals surface area contributed by atoms with Crippen LogP contribution in [0.1, 0.15) is 20.8 Å². The van der Waals surface area contributed by atoms with Gasteiger partial charge in [0.05, 0.1) is 11.3 Å². The minimum absolute atomic E-state index is 0.666. The van der Waals surface area contributed by atoms with E-state index in [1.54, 1.807) is 0 Å². The molecule has 0 radical (unpaired) electrons. The predicted molar refractivity (Wildman–Crippen MR) is 44.0 cm³/mol. The summed E-state index contributed by atoms with van der Waals surface area (Å²) in [7, 11) is 0. The number of hydrogen-bond acceptors (Lipinski definition) is 1. The van der Waals surface area contributed by atoms with Crippen LogP contribution in [-0.2, 0) is 4.79 Å². The van der Waals surface area contributed by atoms with Gasteiger partial charge in [0.1, 0.15) is 0 Å². The van der Waals surface area contributed by atoms with Crippen LogP contribution in [0.15, 0.2) is 0 Å². The lowest BCUT2D eigenvalue weighted by Gasteiger charge is -2.28. The van der Waals surface area contributed by atoms with Crippen LogP contribution in [-0.4, -0.2) is 23.2 Å². The maximum absolute atomic E-state index is 13.2. The van der Waals surface area contributed by atoms with E-state index in [9.17, 15) is 26.7 Å². The van der Waals surface area contributed by atoms with E-state index < -0.39 is 34.8 Å². The molecule has 2 nitrogen and oxygen atoms in total. The molecule has 1 rings (SSSR count). The van der Waals surface area contributed by atoms with Crippen molar-refractivity contribution in [2.75, 3.05) is 0 Å². The zero-order valence-corrected chi connectivity index (χ0v) is 8.82. The standard InChI is InChI=1S/C9H11F5O2/c1-6(2)4(5(15)16)7(6,3)8(10,11)9(12,13)14/h4H,1-3H3,(H,15,16). The van der Waals surface area contributed by atoms with Crippen molar-refractivity contribution >= 4 is 5.97 Å². The number of halogens is 5. The van der Waals surface area contributed by atoms with Gasteiger partial charge in [0.2, 0.25) is 0 Å². The van der Waals surface area contributed by atoms with Gasteiger partial charge >= 0.3 is 18.1 Å². The zero-order valence-electron chi connectivity index (χ0n) is 8.82. The summed E-state index contributed by atoms with van der Waals surface area (Å²) in [6.45, 7) is 2.87.